The van der Waals surface area contributed by atoms with E-state index >= 15 is 0 Å². The van der Waals surface area contributed by atoms with Gasteiger partial charge in [-0.05, 0) is 24.8 Å². The summed E-state index contributed by atoms with van der Waals surface area (Å²) in [5.41, 5.74) is 1.36. The molecular weight excluding hydrogens is 244 g/mol. The predicted octanol–water partition coefficient (Wildman–Crippen LogP) is 0.552. The molecule has 104 valence electrons. The Kier molecular flexibility index (Phi) is 3.87. The molecule has 2 rings (SSSR count). The topological polar surface area (TPSA) is 76.0 Å². The second-order valence-corrected chi connectivity index (χ2v) is 5.19. The third-order valence-corrected chi connectivity index (χ3v) is 3.31. The summed E-state index contributed by atoms with van der Waals surface area (Å²) in [6.07, 6.45) is 1.58. The molecule has 1 fully saturated rings. The molecule has 1 saturated heterocycles. The van der Waals surface area contributed by atoms with Crippen LogP contribution in [0.15, 0.2) is 6.07 Å². The number of aromatic nitrogens is 2. The Hall–Kier alpha value is -1.85. The minimum atomic E-state index is -0.432. The van der Waals surface area contributed by atoms with Crippen LogP contribution in [-0.4, -0.2) is 34.2 Å². The van der Waals surface area contributed by atoms with E-state index in [1.54, 1.807) is 17.8 Å². The maximum absolute atomic E-state index is 12.2. The van der Waals surface area contributed by atoms with Crippen LogP contribution in [0.3, 0.4) is 0 Å². The van der Waals surface area contributed by atoms with E-state index in [9.17, 15) is 9.59 Å². The summed E-state index contributed by atoms with van der Waals surface area (Å²) in [7, 11) is 1.74. The lowest BCUT2D eigenvalue weighted by Crippen LogP contribution is -2.50. The molecule has 1 aromatic heterocycles. The highest BCUT2D eigenvalue weighted by molar-refractivity contribution is 5.96. The SMILES string of the molecule is CC(C)c1cc(C(=O)N[C@@H]2CCCNC2=O)n(C)n1. The van der Waals surface area contributed by atoms with Crippen LogP contribution >= 0.6 is 0 Å². The molecule has 0 aliphatic carbocycles. The van der Waals surface area contributed by atoms with Gasteiger partial charge in [-0.15, -0.1) is 0 Å². The van der Waals surface area contributed by atoms with Crippen molar-refractivity contribution < 1.29 is 9.59 Å². The zero-order valence-electron chi connectivity index (χ0n) is 11.6. The first-order valence-corrected chi connectivity index (χ1v) is 6.61. The lowest BCUT2D eigenvalue weighted by atomic mass is 10.1. The molecule has 0 bridgehead atoms. The van der Waals surface area contributed by atoms with E-state index in [4.69, 9.17) is 0 Å². The number of rotatable bonds is 3. The zero-order chi connectivity index (χ0) is 14.0. The summed E-state index contributed by atoms with van der Waals surface area (Å²) in [6.45, 7) is 4.74. The minimum Gasteiger partial charge on any atom is -0.354 e. The van der Waals surface area contributed by atoms with Gasteiger partial charge in [-0.1, -0.05) is 13.8 Å². The van der Waals surface area contributed by atoms with Crippen molar-refractivity contribution in [3.8, 4) is 0 Å². The molecule has 1 aliphatic heterocycles. The maximum atomic E-state index is 12.2. The fourth-order valence-corrected chi connectivity index (χ4v) is 2.13. The first-order valence-electron chi connectivity index (χ1n) is 6.61. The van der Waals surface area contributed by atoms with Gasteiger partial charge in [0.1, 0.15) is 11.7 Å². The van der Waals surface area contributed by atoms with Gasteiger partial charge in [0.25, 0.3) is 5.91 Å². The van der Waals surface area contributed by atoms with Crippen LogP contribution in [0.4, 0.5) is 0 Å². The van der Waals surface area contributed by atoms with Crippen LogP contribution in [0, 0.1) is 0 Å². The molecule has 6 heteroatoms. The van der Waals surface area contributed by atoms with Gasteiger partial charge >= 0.3 is 0 Å². The third-order valence-electron chi connectivity index (χ3n) is 3.31. The van der Waals surface area contributed by atoms with E-state index in [2.05, 4.69) is 15.7 Å². The lowest BCUT2D eigenvalue weighted by Gasteiger charge is -2.22. The van der Waals surface area contributed by atoms with Crippen LogP contribution in [0.25, 0.3) is 0 Å². The third kappa shape index (κ3) is 2.94. The average Bonchev–Trinajstić information content (AvgIpc) is 2.74. The first-order chi connectivity index (χ1) is 8.99. The summed E-state index contributed by atoms with van der Waals surface area (Å²) in [5, 5.41) is 9.82. The lowest BCUT2D eigenvalue weighted by molar-refractivity contribution is -0.124. The number of amides is 2. The van der Waals surface area contributed by atoms with Crippen molar-refractivity contribution >= 4 is 11.8 Å². The van der Waals surface area contributed by atoms with Gasteiger partial charge in [0, 0.05) is 13.6 Å². The van der Waals surface area contributed by atoms with Crippen molar-refractivity contribution in [3.05, 3.63) is 17.5 Å². The fourth-order valence-electron chi connectivity index (χ4n) is 2.13. The number of carbonyl (C=O) groups is 2. The summed E-state index contributed by atoms with van der Waals surface area (Å²) >= 11 is 0. The zero-order valence-corrected chi connectivity index (χ0v) is 11.6. The molecule has 2 N–H and O–H groups in total. The Morgan fingerprint density at radius 1 is 1.58 bits per heavy atom. The average molecular weight is 264 g/mol. The first kappa shape index (κ1) is 13.6. The molecule has 19 heavy (non-hydrogen) atoms. The molecule has 1 atom stereocenters. The Morgan fingerprint density at radius 2 is 2.32 bits per heavy atom. The second-order valence-electron chi connectivity index (χ2n) is 5.19. The summed E-state index contributed by atoms with van der Waals surface area (Å²) < 4.78 is 1.56. The van der Waals surface area contributed by atoms with E-state index in [-0.39, 0.29) is 17.7 Å². The van der Waals surface area contributed by atoms with E-state index in [1.807, 2.05) is 13.8 Å². The van der Waals surface area contributed by atoms with Crippen molar-refractivity contribution in [1.29, 1.82) is 0 Å². The normalized spacial score (nSPS) is 19.4. The van der Waals surface area contributed by atoms with E-state index < -0.39 is 6.04 Å². The van der Waals surface area contributed by atoms with E-state index in [1.165, 1.54) is 0 Å². The molecule has 0 unspecified atom stereocenters. The predicted molar refractivity (Wildman–Crippen MR) is 70.8 cm³/mol. The van der Waals surface area contributed by atoms with Crippen LogP contribution in [-0.2, 0) is 11.8 Å². The molecule has 1 aliphatic rings. The molecule has 2 heterocycles. The Balaban J connectivity index is 2.09. The van der Waals surface area contributed by atoms with Gasteiger partial charge in [0.05, 0.1) is 5.69 Å². The second kappa shape index (κ2) is 5.42. The summed E-state index contributed by atoms with van der Waals surface area (Å²) in [4.78, 5) is 23.8. The van der Waals surface area contributed by atoms with Crippen LogP contribution in [0.5, 0.6) is 0 Å². The highest BCUT2D eigenvalue weighted by Gasteiger charge is 2.25. The van der Waals surface area contributed by atoms with E-state index in [0.717, 1.165) is 12.1 Å². The van der Waals surface area contributed by atoms with Crippen LogP contribution < -0.4 is 10.6 Å². The van der Waals surface area contributed by atoms with Gasteiger partial charge in [-0.25, -0.2) is 0 Å². The molecule has 6 nitrogen and oxygen atoms in total. The van der Waals surface area contributed by atoms with Gasteiger partial charge in [0.2, 0.25) is 5.91 Å². The van der Waals surface area contributed by atoms with Gasteiger partial charge < -0.3 is 10.6 Å². The number of aryl methyl sites for hydroxylation is 1. The number of nitrogens with one attached hydrogen (secondary N) is 2. The minimum absolute atomic E-state index is 0.106. The summed E-state index contributed by atoms with van der Waals surface area (Å²) in [5.74, 6) is -0.0828. The molecule has 1 aromatic rings. The fraction of sp³-hybridized carbons (Fsp3) is 0.615. The van der Waals surface area contributed by atoms with Crippen molar-refractivity contribution in [2.45, 2.75) is 38.6 Å². The molecule has 0 saturated carbocycles. The molecule has 0 radical (unpaired) electrons. The smallest absolute Gasteiger partial charge is 0.270 e. The maximum Gasteiger partial charge on any atom is 0.270 e. The number of nitrogens with zero attached hydrogens (tertiary/aromatic N) is 2. The van der Waals surface area contributed by atoms with Gasteiger partial charge in [0.15, 0.2) is 0 Å². The number of hydrogen-bond acceptors (Lipinski definition) is 3. The quantitative estimate of drug-likeness (QED) is 0.837. The van der Waals surface area contributed by atoms with Crippen LogP contribution in [0.2, 0.25) is 0 Å². The number of piperidine rings is 1. The van der Waals surface area contributed by atoms with Gasteiger partial charge in [-0.3, -0.25) is 14.3 Å². The van der Waals surface area contributed by atoms with Crippen LogP contribution in [0.1, 0.15) is 48.8 Å². The van der Waals surface area contributed by atoms with Crippen molar-refractivity contribution in [2.24, 2.45) is 7.05 Å². The Labute approximate surface area is 112 Å². The molecule has 0 aromatic carbocycles. The Bertz CT molecular complexity index is 493. The molecule has 0 spiro atoms. The van der Waals surface area contributed by atoms with Crippen molar-refractivity contribution in [2.75, 3.05) is 6.54 Å². The van der Waals surface area contributed by atoms with E-state index in [0.29, 0.717) is 18.7 Å². The molecular formula is C13H20N4O2. The number of hydrogen-bond donors (Lipinski definition) is 2. The van der Waals surface area contributed by atoms with Crippen molar-refractivity contribution in [1.82, 2.24) is 20.4 Å². The van der Waals surface area contributed by atoms with Gasteiger partial charge in [-0.2, -0.15) is 5.10 Å². The highest BCUT2D eigenvalue weighted by Crippen LogP contribution is 2.14. The van der Waals surface area contributed by atoms with Crippen molar-refractivity contribution in [3.63, 3.8) is 0 Å². The highest BCUT2D eigenvalue weighted by atomic mass is 16.2. The monoisotopic (exact) mass is 264 g/mol. The standard InChI is InChI=1S/C13H20N4O2/c1-8(2)10-7-11(17(3)16-10)13(19)15-9-5-4-6-14-12(9)18/h7-9H,4-6H2,1-3H3,(H,14,18)(H,15,19)/t9-/m1/s1. The number of carbonyl (C=O) groups excluding carboxylic acids is 2. The largest absolute Gasteiger partial charge is 0.354 e. The summed E-state index contributed by atoms with van der Waals surface area (Å²) in [6, 6.07) is 1.35. The molecule has 2 amide bonds. The Morgan fingerprint density at radius 3 is 2.89 bits per heavy atom.